The standard InChI is InChI=1S/C14H21FN2O/c1-9(16)14-11(15)5-4-6-13(14)17(3)12-7-8-18-10(12)2/h4-6,9-10,12H,7-8,16H2,1-3H3. The molecule has 3 nitrogen and oxygen atoms in total. The summed E-state index contributed by atoms with van der Waals surface area (Å²) in [6.45, 7) is 4.63. The first-order chi connectivity index (χ1) is 8.52. The largest absolute Gasteiger partial charge is 0.376 e. The van der Waals surface area contributed by atoms with Crippen LogP contribution < -0.4 is 10.6 Å². The molecule has 1 heterocycles. The van der Waals surface area contributed by atoms with Crippen LogP contribution in [-0.2, 0) is 4.74 Å². The van der Waals surface area contributed by atoms with Crippen LogP contribution in [0.5, 0.6) is 0 Å². The quantitative estimate of drug-likeness (QED) is 0.898. The van der Waals surface area contributed by atoms with Gasteiger partial charge < -0.3 is 15.4 Å². The van der Waals surface area contributed by atoms with Crippen molar-refractivity contribution in [1.82, 2.24) is 0 Å². The Bertz CT molecular complexity index is 422. The Kier molecular flexibility index (Phi) is 3.88. The zero-order chi connectivity index (χ0) is 13.3. The first kappa shape index (κ1) is 13.3. The third-order valence-electron chi connectivity index (χ3n) is 3.70. The van der Waals surface area contributed by atoms with Gasteiger partial charge in [-0.3, -0.25) is 0 Å². The maximum Gasteiger partial charge on any atom is 0.130 e. The molecule has 100 valence electrons. The maximum atomic E-state index is 13.9. The minimum atomic E-state index is -0.318. The predicted molar refractivity (Wildman–Crippen MR) is 71.2 cm³/mol. The Balaban J connectivity index is 2.35. The van der Waals surface area contributed by atoms with E-state index in [1.807, 2.05) is 20.0 Å². The minimum Gasteiger partial charge on any atom is -0.376 e. The van der Waals surface area contributed by atoms with E-state index in [9.17, 15) is 4.39 Å². The van der Waals surface area contributed by atoms with Crippen molar-refractivity contribution < 1.29 is 9.13 Å². The molecular formula is C14H21FN2O. The third kappa shape index (κ3) is 2.35. The summed E-state index contributed by atoms with van der Waals surface area (Å²) in [7, 11) is 1.98. The highest BCUT2D eigenvalue weighted by atomic mass is 19.1. The van der Waals surface area contributed by atoms with Gasteiger partial charge in [-0.15, -0.1) is 0 Å². The molecule has 2 N–H and O–H groups in total. The number of nitrogens with zero attached hydrogens (tertiary/aromatic N) is 1. The normalized spacial score (nSPS) is 25.2. The molecule has 3 atom stereocenters. The zero-order valence-electron chi connectivity index (χ0n) is 11.2. The molecule has 1 aromatic carbocycles. The van der Waals surface area contributed by atoms with E-state index in [0.29, 0.717) is 5.56 Å². The summed E-state index contributed by atoms with van der Waals surface area (Å²) in [5.74, 6) is -0.235. The molecule has 0 radical (unpaired) electrons. The van der Waals surface area contributed by atoms with E-state index in [1.165, 1.54) is 6.07 Å². The van der Waals surface area contributed by atoms with Gasteiger partial charge in [-0.1, -0.05) is 6.07 Å². The highest BCUT2D eigenvalue weighted by Gasteiger charge is 2.29. The summed E-state index contributed by atoms with van der Waals surface area (Å²) in [5, 5.41) is 0. The van der Waals surface area contributed by atoms with Crippen LogP contribution in [0.1, 0.15) is 31.9 Å². The second-order valence-electron chi connectivity index (χ2n) is 5.00. The Morgan fingerprint density at radius 2 is 2.22 bits per heavy atom. The fourth-order valence-corrected chi connectivity index (χ4v) is 2.69. The van der Waals surface area contributed by atoms with Crippen LogP contribution >= 0.6 is 0 Å². The number of anilines is 1. The summed E-state index contributed by atoms with van der Waals surface area (Å²) in [6, 6.07) is 5.08. The number of rotatable bonds is 3. The van der Waals surface area contributed by atoms with Crippen LogP contribution in [-0.4, -0.2) is 25.8 Å². The van der Waals surface area contributed by atoms with Crippen LogP contribution in [0, 0.1) is 5.82 Å². The molecule has 1 saturated heterocycles. The fraction of sp³-hybridized carbons (Fsp3) is 0.571. The monoisotopic (exact) mass is 252 g/mol. The summed E-state index contributed by atoms with van der Waals surface area (Å²) >= 11 is 0. The molecule has 1 aliphatic rings. The van der Waals surface area contributed by atoms with Gasteiger partial charge in [0, 0.05) is 30.9 Å². The number of ether oxygens (including phenoxy) is 1. The summed E-state index contributed by atoms with van der Waals surface area (Å²) in [4.78, 5) is 2.10. The second-order valence-corrected chi connectivity index (χ2v) is 5.00. The summed E-state index contributed by atoms with van der Waals surface area (Å²) < 4.78 is 19.5. The molecule has 3 unspecified atom stereocenters. The molecule has 4 heteroatoms. The molecule has 1 aliphatic heterocycles. The first-order valence-electron chi connectivity index (χ1n) is 6.40. The van der Waals surface area contributed by atoms with Crippen molar-refractivity contribution in [2.45, 2.75) is 38.5 Å². The summed E-state index contributed by atoms with van der Waals surface area (Å²) in [5.41, 5.74) is 7.34. The summed E-state index contributed by atoms with van der Waals surface area (Å²) in [6.07, 6.45) is 1.13. The smallest absolute Gasteiger partial charge is 0.130 e. The van der Waals surface area contributed by atoms with Gasteiger partial charge in [-0.05, 0) is 32.4 Å². The Morgan fingerprint density at radius 3 is 2.78 bits per heavy atom. The topological polar surface area (TPSA) is 38.5 Å². The lowest BCUT2D eigenvalue weighted by molar-refractivity contribution is 0.118. The van der Waals surface area contributed by atoms with Gasteiger partial charge in [0.2, 0.25) is 0 Å². The second kappa shape index (κ2) is 5.24. The molecule has 0 aromatic heterocycles. The number of hydrogen-bond acceptors (Lipinski definition) is 3. The number of halogens is 1. The van der Waals surface area contributed by atoms with Crippen LogP contribution in [0.4, 0.5) is 10.1 Å². The van der Waals surface area contributed by atoms with Crippen LogP contribution in [0.25, 0.3) is 0 Å². The van der Waals surface area contributed by atoms with Crippen molar-refractivity contribution in [3.05, 3.63) is 29.6 Å². The lowest BCUT2D eigenvalue weighted by Crippen LogP contribution is -2.37. The molecule has 2 rings (SSSR count). The lowest BCUT2D eigenvalue weighted by atomic mass is 10.0. The Morgan fingerprint density at radius 1 is 1.50 bits per heavy atom. The highest BCUT2D eigenvalue weighted by Crippen LogP contribution is 2.31. The highest BCUT2D eigenvalue weighted by molar-refractivity contribution is 5.56. The first-order valence-corrected chi connectivity index (χ1v) is 6.40. The Labute approximate surface area is 108 Å². The average Bonchev–Trinajstić information content (AvgIpc) is 2.73. The van der Waals surface area contributed by atoms with E-state index < -0.39 is 0 Å². The van der Waals surface area contributed by atoms with Crippen molar-refractivity contribution in [1.29, 1.82) is 0 Å². The van der Waals surface area contributed by atoms with E-state index in [4.69, 9.17) is 10.5 Å². The van der Waals surface area contributed by atoms with Crippen molar-refractivity contribution in [3.8, 4) is 0 Å². The number of nitrogens with two attached hydrogens (primary N) is 1. The molecule has 1 aromatic rings. The SMILES string of the molecule is CC(N)c1c(F)cccc1N(C)C1CCOC1C. The number of likely N-dealkylation sites (N-methyl/N-ethyl adjacent to an activating group) is 1. The van der Waals surface area contributed by atoms with Gasteiger partial charge in [0.15, 0.2) is 0 Å². The van der Waals surface area contributed by atoms with Crippen molar-refractivity contribution >= 4 is 5.69 Å². The third-order valence-corrected chi connectivity index (χ3v) is 3.70. The van der Waals surface area contributed by atoms with Gasteiger partial charge in [0.25, 0.3) is 0 Å². The van der Waals surface area contributed by atoms with Gasteiger partial charge in [0.05, 0.1) is 12.1 Å². The molecule has 0 bridgehead atoms. The van der Waals surface area contributed by atoms with Crippen LogP contribution in [0.3, 0.4) is 0 Å². The molecule has 0 amide bonds. The zero-order valence-corrected chi connectivity index (χ0v) is 11.2. The molecule has 1 fully saturated rings. The van der Waals surface area contributed by atoms with Crippen LogP contribution in [0.2, 0.25) is 0 Å². The number of hydrogen-bond donors (Lipinski definition) is 1. The molecule has 0 aliphatic carbocycles. The van der Waals surface area contributed by atoms with E-state index in [1.54, 1.807) is 6.07 Å². The van der Waals surface area contributed by atoms with E-state index in [2.05, 4.69) is 11.8 Å². The van der Waals surface area contributed by atoms with E-state index in [-0.39, 0.29) is 24.0 Å². The van der Waals surface area contributed by atoms with Gasteiger partial charge in [0.1, 0.15) is 5.82 Å². The maximum absolute atomic E-state index is 13.9. The molecule has 18 heavy (non-hydrogen) atoms. The molecular weight excluding hydrogens is 231 g/mol. The molecule has 0 saturated carbocycles. The van der Waals surface area contributed by atoms with E-state index >= 15 is 0 Å². The van der Waals surface area contributed by atoms with Crippen molar-refractivity contribution in [3.63, 3.8) is 0 Å². The number of benzene rings is 1. The fourth-order valence-electron chi connectivity index (χ4n) is 2.69. The van der Waals surface area contributed by atoms with Gasteiger partial charge in [-0.25, -0.2) is 4.39 Å². The van der Waals surface area contributed by atoms with Crippen molar-refractivity contribution in [2.75, 3.05) is 18.6 Å². The van der Waals surface area contributed by atoms with Gasteiger partial charge in [-0.2, -0.15) is 0 Å². The lowest BCUT2D eigenvalue weighted by Gasteiger charge is -2.31. The average molecular weight is 252 g/mol. The molecule has 0 spiro atoms. The van der Waals surface area contributed by atoms with Crippen molar-refractivity contribution in [2.24, 2.45) is 5.73 Å². The Hall–Kier alpha value is -1.13. The van der Waals surface area contributed by atoms with Crippen LogP contribution in [0.15, 0.2) is 18.2 Å². The predicted octanol–water partition coefficient (Wildman–Crippen LogP) is 2.46. The minimum absolute atomic E-state index is 0.166. The van der Waals surface area contributed by atoms with E-state index in [0.717, 1.165) is 18.7 Å². The van der Waals surface area contributed by atoms with Gasteiger partial charge >= 0.3 is 0 Å².